The van der Waals surface area contributed by atoms with Crippen molar-refractivity contribution in [3.05, 3.63) is 36.6 Å². The van der Waals surface area contributed by atoms with Gasteiger partial charge in [0.15, 0.2) is 11.7 Å². The van der Waals surface area contributed by atoms with Gasteiger partial charge in [0.05, 0.1) is 19.4 Å². The molecule has 0 atom stereocenters. The minimum absolute atomic E-state index is 0.0477. The zero-order valence-electron chi connectivity index (χ0n) is 15.1. The van der Waals surface area contributed by atoms with Crippen molar-refractivity contribution in [2.75, 3.05) is 38.2 Å². The number of nitrogens with one attached hydrogen (secondary N) is 1. The summed E-state index contributed by atoms with van der Waals surface area (Å²) in [5.74, 6) is 1.69. The summed E-state index contributed by atoms with van der Waals surface area (Å²) < 4.78 is 10.8. The second kappa shape index (κ2) is 7.81. The lowest BCUT2D eigenvalue weighted by atomic mass is 10.2. The molecule has 8 nitrogen and oxygen atoms in total. The van der Waals surface area contributed by atoms with Crippen LogP contribution in [0.4, 0.5) is 5.82 Å². The van der Waals surface area contributed by atoms with Gasteiger partial charge in [-0.15, -0.1) is 0 Å². The van der Waals surface area contributed by atoms with Gasteiger partial charge in [-0.05, 0) is 17.5 Å². The maximum atomic E-state index is 12.2. The zero-order valence-corrected chi connectivity index (χ0v) is 15.1. The number of anilines is 1. The first kappa shape index (κ1) is 17.6. The Kier molecular flexibility index (Phi) is 5.08. The first-order valence-electron chi connectivity index (χ1n) is 8.96. The van der Waals surface area contributed by atoms with Gasteiger partial charge in [0.1, 0.15) is 11.5 Å². The summed E-state index contributed by atoms with van der Waals surface area (Å²) in [5.41, 5.74) is 0.693. The molecule has 27 heavy (non-hydrogen) atoms. The van der Waals surface area contributed by atoms with Crippen molar-refractivity contribution in [2.45, 2.75) is 13.3 Å². The van der Waals surface area contributed by atoms with Crippen LogP contribution in [0.5, 0.6) is 0 Å². The predicted molar refractivity (Wildman–Crippen MR) is 100 cm³/mol. The largest absolute Gasteiger partial charge is 0.439 e. The lowest BCUT2D eigenvalue weighted by molar-refractivity contribution is -0.116. The molecule has 4 heterocycles. The summed E-state index contributed by atoms with van der Waals surface area (Å²) in [7, 11) is 0. The summed E-state index contributed by atoms with van der Waals surface area (Å²) in [6.45, 7) is 5.72. The Balaban J connectivity index is 1.44. The Morgan fingerprint density at radius 1 is 1.11 bits per heavy atom. The topological polar surface area (TPSA) is 93.4 Å². The summed E-state index contributed by atoms with van der Waals surface area (Å²) >= 11 is 0. The summed E-state index contributed by atoms with van der Waals surface area (Å²) in [6, 6.07) is 3.75. The number of ether oxygens (including phenoxy) is 1. The molecule has 1 amide bonds. The van der Waals surface area contributed by atoms with Gasteiger partial charge < -0.3 is 14.5 Å². The Morgan fingerprint density at radius 3 is 2.70 bits per heavy atom. The number of morpholine rings is 1. The van der Waals surface area contributed by atoms with E-state index < -0.39 is 0 Å². The van der Waals surface area contributed by atoms with Gasteiger partial charge in [-0.1, -0.05) is 0 Å². The van der Waals surface area contributed by atoms with E-state index in [4.69, 9.17) is 9.15 Å². The number of nitrogens with zero attached hydrogens (tertiary/aromatic N) is 4. The highest BCUT2D eigenvalue weighted by atomic mass is 16.5. The van der Waals surface area contributed by atoms with Crippen LogP contribution in [0, 0.1) is 6.92 Å². The highest BCUT2D eigenvalue weighted by Gasteiger charge is 2.13. The first-order chi connectivity index (χ1) is 13.2. The van der Waals surface area contributed by atoms with Gasteiger partial charge in [0, 0.05) is 50.8 Å². The van der Waals surface area contributed by atoms with E-state index >= 15 is 0 Å². The minimum atomic E-state index is -0.0477. The van der Waals surface area contributed by atoms with E-state index in [1.54, 1.807) is 25.5 Å². The Bertz CT molecular complexity index is 949. The van der Waals surface area contributed by atoms with Crippen LogP contribution in [0.15, 0.2) is 35.1 Å². The van der Waals surface area contributed by atoms with Crippen molar-refractivity contribution < 1.29 is 13.9 Å². The number of hydrogen-bond donors (Lipinski definition) is 1. The summed E-state index contributed by atoms with van der Waals surface area (Å²) in [4.78, 5) is 27.3. The number of pyridine rings is 2. The first-order valence-corrected chi connectivity index (χ1v) is 8.96. The summed E-state index contributed by atoms with van der Waals surface area (Å²) in [5, 5.41) is 4.69. The highest BCUT2D eigenvalue weighted by Crippen LogP contribution is 2.23. The number of hydrogen-bond acceptors (Lipinski definition) is 7. The number of carbonyl (C=O) groups is 1. The molecule has 3 aromatic rings. The van der Waals surface area contributed by atoms with Crippen molar-refractivity contribution >= 4 is 22.5 Å². The van der Waals surface area contributed by atoms with Crippen LogP contribution in [0.25, 0.3) is 22.2 Å². The number of rotatable bonds is 5. The molecule has 0 saturated carbocycles. The molecule has 0 unspecified atom stereocenters. The standard InChI is InChI=1S/C19H21N5O3/c1-13-20-12-17(27-13)16-8-14-9-18(22-11-15(14)10-21-16)23-19(25)2-3-24-4-6-26-7-5-24/h8-12H,2-7H2,1H3,(H,22,23,25). The van der Waals surface area contributed by atoms with Crippen LogP contribution in [0.3, 0.4) is 0 Å². The number of aryl methyl sites for hydroxylation is 1. The molecule has 8 heteroatoms. The van der Waals surface area contributed by atoms with Crippen LogP contribution in [0.1, 0.15) is 12.3 Å². The number of carbonyl (C=O) groups excluding carboxylic acids is 1. The van der Waals surface area contributed by atoms with Crippen molar-refractivity contribution in [3.8, 4) is 11.5 Å². The molecule has 0 radical (unpaired) electrons. The van der Waals surface area contributed by atoms with E-state index in [0.717, 1.165) is 43.6 Å². The van der Waals surface area contributed by atoms with Gasteiger partial charge in [0.25, 0.3) is 0 Å². The van der Waals surface area contributed by atoms with E-state index in [-0.39, 0.29) is 5.91 Å². The number of oxazole rings is 1. The van der Waals surface area contributed by atoms with E-state index in [1.807, 2.05) is 12.1 Å². The average Bonchev–Trinajstić information content (AvgIpc) is 3.13. The van der Waals surface area contributed by atoms with Gasteiger partial charge in [0.2, 0.25) is 5.91 Å². The molecular formula is C19H21N5O3. The lowest BCUT2D eigenvalue weighted by Crippen LogP contribution is -2.38. The molecule has 1 aliphatic rings. The van der Waals surface area contributed by atoms with Crippen LogP contribution in [0.2, 0.25) is 0 Å². The monoisotopic (exact) mass is 367 g/mol. The molecule has 0 spiro atoms. The quantitative estimate of drug-likeness (QED) is 0.739. The van der Waals surface area contributed by atoms with Crippen molar-refractivity contribution in [1.82, 2.24) is 19.9 Å². The van der Waals surface area contributed by atoms with Crippen LogP contribution < -0.4 is 5.32 Å². The SMILES string of the molecule is Cc1ncc(-c2cc3cc(NC(=O)CCN4CCOCC4)ncc3cn2)o1. The Labute approximate surface area is 156 Å². The van der Waals surface area contributed by atoms with Gasteiger partial charge in [-0.2, -0.15) is 0 Å². The molecule has 0 aromatic carbocycles. The molecule has 1 fully saturated rings. The summed E-state index contributed by atoms with van der Waals surface area (Å²) in [6.07, 6.45) is 5.52. The van der Waals surface area contributed by atoms with E-state index in [0.29, 0.717) is 29.6 Å². The number of fused-ring (bicyclic) bond motifs is 1. The molecule has 1 aliphatic heterocycles. The third-order valence-electron chi connectivity index (χ3n) is 4.50. The minimum Gasteiger partial charge on any atom is -0.439 e. The van der Waals surface area contributed by atoms with E-state index in [1.165, 1.54) is 0 Å². The predicted octanol–water partition coefficient (Wildman–Crippen LogP) is 2.25. The van der Waals surface area contributed by atoms with Crippen molar-refractivity contribution in [1.29, 1.82) is 0 Å². The molecule has 0 aliphatic carbocycles. The van der Waals surface area contributed by atoms with Crippen LogP contribution in [-0.2, 0) is 9.53 Å². The number of aromatic nitrogens is 3. The van der Waals surface area contributed by atoms with E-state index in [2.05, 4.69) is 25.2 Å². The Morgan fingerprint density at radius 2 is 1.93 bits per heavy atom. The average molecular weight is 367 g/mol. The second-order valence-electron chi connectivity index (χ2n) is 6.48. The van der Waals surface area contributed by atoms with Gasteiger partial charge in [-0.25, -0.2) is 9.97 Å². The highest BCUT2D eigenvalue weighted by molar-refractivity contribution is 5.93. The smallest absolute Gasteiger partial charge is 0.226 e. The van der Waals surface area contributed by atoms with E-state index in [9.17, 15) is 4.79 Å². The number of amides is 1. The lowest BCUT2D eigenvalue weighted by Gasteiger charge is -2.26. The molecule has 3 aromatic heterocycles. The van der Waals surface area contributed by atoms with Crippen LogP contribution in [-0.4, -0.2) is 58.6 Å². The molecule has 1 N–H and O–H groups in total. The second-order valence-corrected chi connectivity index (χ2v) is 6.48. The van der Waals surface area contributed by atoms with Crippen LogP contribution >= 0.6 is 0 Å². The third kappa shape index (κ3) is 4.29. The fourth-order valence-corrected chi connectivity index (χ4v) is 3.01. The van der Waals surface area contributed by atoms with Gasteiger partial charge >= 0.3 is 0 Å². The fraction of sp³-hybridized carbons (Fsp3) is 0.368. The molecule has 4 rings (SSSR count). The van der Waals surface area contributed by atoms with Gasteiger partial charge in [-0.3, -0.25) is 14.7 Å². The fourth-order valence-electron chi connectivity index (χ4n) is 3.01. The maximum absolute atomic E-state index is 12.2. The molecular weight excluding hydrogens is 346 g/mol. The normalized spacial score (nSPS) is 15.1. The molecule has 1 saturated heterocycles. The van der Waals surface area contributed by atoms with Crippen molar-refractivity contribution in [2.24, 2.45) is 0 Å². The Hall–Kier alpha value is -2.84. The molecule has 140 valence electrons. The third-order valence-corrected chi connectivity index (χ3v) is 4.50. The van der Waals surface area contributed by atoms with Crippen molar-refractivity contribution in [3.63, 3.8) is 0 Å². The molecule has 0 bridgehead atoms. The maximum Gasteiger partial charge on any atom is 0.226 e. The zero-order chi connectivity index (χ0) is 18.6.